The van der Waals surface area contributed by atoms with Crippen molar-refractivity contribution in [3.8, 4) is 0 Å². The quantitative estimate of drug-likeness (QED) is 0.504. The zero-order valence-electron chi connectivity index (χ0n) is 8.99. The van der Waals surface area contributed by atoms with Gasteiger partial charge in [-0.1, -0.05) is 0 Å². The molecule has 0 bridgehead atoms. The van der Waals surface area contributed by atoms with Crippen LogP contribution in [0.3, 0.4) is 0 Å². The summed E-state index contributed by atoms with van der Waals surface area (Å²) in [6.07, 6.45) is -0.531. The average molecular weight is 215 g/mol. The van der Waals surface area contributed by atoms with Crippen molar-refractivity contribution < 1.29 is 14.7 Å². The molecule has 6 heteroatoms. The lowest BCUT2D eigenvalue weighted by molar-refractivity contribution is -0.134. The fourth-order valence-corrected chi connectivity index (χ4v) is 1.56. The maximum atomic E-state index is 11.6. The van der Waals surface area contributed by atoms with Crippen LogP contribution in [-0.4, -0.2) is 60.6 Å². The van der Waals surface area contributed by atoms with Gasteiger partial charge in [0.15, 0.2) is 0 Å². The molecule has 0 unspecified atom stereocenters. The average Bonchev–Trinajstić information content (AvgIpc) is 2.59. The molecular formula is C9H17N3O3. The zero-order chi connectivity index (χ0) is 11.4. The molecule has 3 N–H and O–H groups in total. The second kappa shape index (κ2) is 5.09. The van der Waals surface area contributed by atoms with Gasteiger partial charge in [-0.2, -0.15) is 0 Å². The fourth-order valence-electron chi connectivity index (χ4n) is 1.56. The number of carbonyl (C=O) groups is 2. The summed E-state index contributed by atoms with van der Waals surface area (Å²) in [6.45, 7) is 2.43. The predicted molar refractivity (Wildman–Crippen MR) is 54.1 cm³/mol. The molecule has 1 saturated heterocycles. The molecule has 1 rings (SSSR count). The van der Waals surface area contributed by atoms with Gasteiger partial charge in [0.1, 0.15) is 0 Å². The molecule has 1 aliphatic rings. The predicted octanol–water partition coefficient (Wildman–Crippen LogP) is -2.09. The van der Waals surface area contributed by atoms with Gasteiger partial charge in [-0.3, -0.25) is 9.59 Å². The van der Waals surface area contributed by atoms with Crippen LogP contribution in [0, 0.1) is 0 Å². The smallest absolute Gasteiger partial charge is 0.242 e. The van der Waals surface area contributed by atoms with Gasteiger partial charge in [0.25, 0.3) is 0 Å². The summed E-state index contributed by atoms with van der Waals surface area (Å²) in [5.41, 5.74) is 0. The van der Waals surface area contributed by atoms with Crippen molar-refractivity contribution in [3.63, 3.8) is 0 Å². The van der Waals surface area contributed by atoms with Crippen LogP contribution < -0.4 is 10.6 Å². The lowest BCUT2D eigenvalue weighted by atomic mass is 10.2. The van der Waals surface area contributed by atoms with E-state index in [1.807, 2.05) is 0 Å². The van der Waals surface area contributed by atoms with Gasteiger partial charge < -0.3 is 20.6 Å². The number of carbonyl (C=O) groups excluding carboxylic acids is 2. The van der Waals surface area contributed by atoms with Crippen LogP contribution in [0.4, 0.5) is 0 Å². The molecule has 0 aromatic carbocycles. The molecule has 1 aliphatic heterocycles. The number of β-amino-alcohol motifs (C(OH)–C–C–N with tert-alkyl or cyclic N) is 1. The highest BCUT2D eigenvalue weighted by atomic mass is 16.3. The Morgan fingerprint density at radius 1 is 1.53 bits per heavy atom. The first-order valence-corrected chi connectivity index (χ1v) is 4.91. The number of aliphatic hydroxyl groups excluding tert-OH is 1. The summed E-state index contributed by atoms with van der Waals surface area (Å²) >= 11 is 0. The number of hydrogen-bond acceptors (Lipinski definition) is 4. The van der Waals surface area contributed by atoms with Crippen LogP contribution in [-0.2, 0) is 9.59 Å². The van der Waals surface area contributed by atoms with Crippen molar-refractivity contribution in [2.45, 2.75) is 19.1 Å². The molecule has 0 aliphatic carbocycles. The molecule has 6 nitrogen and oxygen atoms in total. The third-order valence-corrected chi connectivity index (χ3v) is 2.53. The van der Waals surface area contributed by atoms with Gasteiger partial charge in [-0.05, 0) is 0 Å². The minimum Gasteiger partial charge on any atom is -0.390 e. The Balaban J connectivity index is 2.41. The van der Waals surface area contributed by atoms with Crippen molar-refractivity contribution in [3.05, 3.63) is 0 Å². The highest BCUT2D eigenvalue weighted by molar-refractivity contribution is 5.83. The molecular weight excluding hydrogens is 198 g/mol. The molecule has 15 heavy (non-hydrogen) atoms. The maximum absolute atomic E-state index is 11.6. The van der Waals surface area contributed by atoms with E-state index in [2.05, 4.69) is 10.6 Å². The van der Waals surface area contributed by atoms with Crippen molar-refractivity contribution in [2.75, 3.05) is 26.7 Å². The van der Waals surface area contributed by atoms with E-state index in [9.17, 15) is 14.7 Å². The Labute approximate surface area is 88.6 Å². The SMILES string of the molecule is CC(=O)NCC(=O)N(C)[C@@H]1CNC[C@H]1O. The lowest BCUT2D eigenvalue weighted by Crippen LogP contribution is -2.47. The van der Waals surface area contributed by atoms with Crippen LogP contribution in [0.25, 0.3) is 0 Å². The maximum Gasteiger partial charge on any atom is 0.242 e. The van der Waals surface area contributed by atoms with E-state index >= 15 is 0 Å². The van der Waals surface area contributed by atoms with Crippen LogP contribution >= 0.6 is 0 Å². The standard InChI is InChI=1S/C9H17N3O3/c1-6(13)11-5-9(15)12(2)7-3-10-4-8(7)14/h7-8,10,14H,3-5H2,1-2H3,(H,11,13)/t7-,8-/m1/s1. The summed E-state index contributed by atoms with van der Waals surface area (Å²) in [4.78, 5) is 23.6. The second-order valence-electron chi connectivity index (χ2n) is 3.71. The highest BCUT2D eigenvalue weighted by Gasteiger charge is 2.30. The summed E-state index contributed by atoms with van der Waals surface area (Å²) in [5.74, 6) is -0.431. The Hall–Kier alpha value is -1.14. The molecule has 0 radical (unpaired) electrons. The van der Waals surface area contributed by atoms with E-state index in [4.69, 9.17) is 0 Å². The molecule has 0 aromatic heterocycles. The Kier molecular flexibility index (Phi) is 4.05. The van der Waals surface area contributed by atoms with Gasteiger partial charge in [0.2, 0.25) is 11.8 Å². The van der Waals surface area contributed by atoms with E-state index < -0.39 is 6.10 Å². The Bertz CT molecular complexity index is 257. The largest absolute Gasteiger partial charge is 0.390 e. The lowest BCUT2D eigenvalue weighted by Gasteiger charge is -2.26. The van der Waals surface area contributed by atoms with Crippen LogP contribution in [0.5, 0.6) is 0 Å². The first kappa shape index (κ1) is 11.9. The van der Waals surface area contributed by atoms with Crippen molar-refractivity contribution in [2.24, 2.45) is 0 Å². The normalized spacial score (nSPS) is 25.0. The van der Waals surface area contributed by atoms with Gasteiger partial charge in [0, 0.05) is 27.1 Å². The number of likely N-dealkylation sites (N-methyl/N-ethyl adjacent to an activating group) is 1. The topological polar surface area (TPSA) is 81.7 Å². The van der Waals surface area contributed by atoms with Gasteiger partial charge in [-0.25, -0.2) is 0 Å². The molecule has 1 fully saturated rings. The van der Waals surface area contributed by atoms with Gasteiger partial charge in [-0.15, -0.1) is 0 Å². The van der Waals surface area contributed by atoms with Crippen molar-refractivity contribution in [1.82, 2.24) is 15.5 Å². The number of amides is 2. The highest BCUT2D eigenvalue weighted by Crippen LogP contribution is 2.07. The molecule has 0 saturated carbocycles. The number of nitrogens with one attached hydrogen (secondary N) is 2. The minimum atomic E-state index is -0.531. The monoisotopic (exact) mass is 215 g/mol. The summed E-state index contributed by atoms with van der Waals surface area (Å²) < 4.78 is 0. The zero-order valence-corrected chi connectivity index (χ0v) is 8.99. The second-order valence-corrected chi connectivity index (χ2v) is 3.71. The first-order valence-electron chi connectivity index (χ1n) is 4.91. The van der Waals surface area contributed by atoms with Gasteiger partial charge >= 0.3 is 0 Å². The van der Waals surface area contributed by atoms with Gasteiger partial charge in [0.05, 0.1) is 18.7 Å². The van der Waals surface area contributed by atoms with Crippen molar-refractivity contribution in [1.29, 1.82) is 0 Å². The van der Waals surface area contributed by atoms with E-state index in [1.165, 1.54) is 11.8 Å². The third-order valence-electron chi connectivity index (χ3n) is 2.53. The summed E-state index contributed by atoms with van der Waals surface area (Å²) in [5, 5.41) is 15.0. The number of hydrogen-bond donors (Lipinski definition) is 3. The Morgan fingerprint density at radius 3 is 2.67 bits per heavy atom. The molecule has 0 aromatic rings. The number of rotatable bonds is 3. The van der Waals surface area contributed by atoms with E-state index in [0.717, 1.165) is 0 Å². The first-order chi connectivity index (χ1) is 7.02. The molecule has 86 valence electrons. The molecule has 2 atom stereocenters. The van der Waals surface area contributed by atoms with Crippen LogP contribution in [0.15, 0.2) is 0 Å². The van der Waals surface area contributed by atoms with E-state index in [1.54, 1.807) is 7.05 Å². The number of nitrogens with zero attached hydrogens (tertiary/aromatic N) is 1. The molecule has 2 amide bonds. The Morgan fingerprint density at radius 2 is 2.20 bits per heavy atom. The minimum absolute atomic E-state index is 0.0188. The molecule has 0 spiro atoms. The van der Waals surface area contributed by atoms with E-state index in [-0.39, 0.29) is 24.4 Å². The molecule has 1 heterocycles. The summed E-state index contributed by atoms with van der Waals surface area (Å²) in [6, 6.07) is -0.203. The van der Waals surface area contributed by atoms with Crippen molar-refractivity contribution >= 4 is 11.8 Å². The fraction of sp³-hybridized carbons (Fsp3) is 0.778. The third kappa shape index (κ3) is 3.17. The van der Waals surface area contributed by atoms with Crippen LogP contribution in [0.2, 0.25) is 0 Å². The van der Waals surface area contributed by atoms with E-state index in [0.29, 0.717) is 13.1 Å². The summed E-state index contributed by atoms with van der Waals surface area (Å²) in [7, 11) is 1.63. The van der Waals surface area contributed by atoms with Crippen LogP contribution in [0.1, 0.15) is 6.92 Å². The number of aliphatic hydroxyl groups is 1.